The summed E-state index contributed by atoms with van der Waals surface area (Å²) in [6.45, 7) is 5.01. The van der Waals surface area contributed by atoms with Crippen LogP contribution in [-0.4, -0.2) is 53.8 Å². The predicted octanol–water partition coefficient (Wildman–Crippen LogP) is 5.41. The fourth-order valence-electron chi connectivity index (χ4n) is 4.69. The van der Waals surface area contributed by atoms with Crippen molar-refractivity contribution < 1.29 is 14.6 Å². The molecule has 0 radical (unpaired) electrons. The Kier molecular flexibility index (Phi) is 7.36. The van der Waals surface area contributed by atoms with E-state index in [2.05, 4.69) is 23.1 Å². The number of nitrogens with zero attached hydrogens (tertiary/aromatic N) is 2. The number of amides is 1. The van der Waals surface area contributed by atoms with Crippen molar-refractivity contribution in [1.82, 2.24) is 9.80 Å². The van der Waals surface area contributed by atoms with Gasteiger partial charge in [0.15, 0.2) is 0 Å². The summed E-state index contributed by atoms with van der Waals surface area (Å²) in [6.07, 6.45) is 4.31. The zero-order chi connectivity index (χ0) is 21.6. The maximum Gasteiger partial charge on any atom is 0.407 e. The lowest BCUT2D eigenvalue weighted by Crippen LogP contribution is -2.34. The fourth-order valence-corrected chi connectivity index (χ4v) is 4.82. The summed E-state index contributed by atoms with van der Waals surface area (Å²) in [5, 5.41) is 10.1. The SMILES string of the molecule is O=C(O)N1CCCc2ccc(OCCCN3CCC(c4ccc(Cl)cc4)CC3)cc2C1. The fraction of sp³-hybridized carbons (Fsp3) is 0.480. The van der Waals surface area contributed by atoms with E-state index in [0.29, 0.717) is 25.6 Å². The van der Waals surface area contributed by atoms with E-state index in [-0.39, 0.29) is 0 Å². The average molecular weight is 443 g/mol. The molecule has 0 saturated carbocycles. The molecule has 1 fully saturated rings. The van der Waals surface area contributed by atoms with E-state index >= 15 is 0 Å². The maximum atomic E-state index is 11.4. The van der Waals surface area contributed by atoms with Gasteiger partial charge in [-0.25, -0.2) is 4.79 Å². The molecule has 0 atom stereocenters. The number of hydrogen-bond donors (Lipinski definition) is 1. The van der Waals surface area contributed by atoms with Crippen LogP contribution in [0, 0.1) is 0 Å². The van der Waals surface area contributed by atoms with Gasteiger partial charge in [0.2, 0.25) is 0 Å². The first-order chi connectivity index (χ1) is 15.1. The van der Waals surface area contributed by atoms with Gasteiger partial charge in [0.1, 0.15) is 5.75 Å². The van der Waals surface area contributed by atoms with Gasteiger partial charge in [-0.15, -0.1) is 0 Å². The minimum Gasteiger partial charge on any atom is -0.494 e. The highest BCUT2D eigenvalue weighted by molar-refractivity contribution is 6.30. The van der Waals surface area contributed by atoms with Gasteiger partial charge in [-0.3, -0.25) is 0 Å². The van der Waals surface area contributed by atoms with Gasteiger partial charge in [0, 0.05) is 24.7 Å². The molecule has 2 heterocycles. The Morgan fingerprint density at radius 2 is 1.84 bits per heavy atom. The summed E-state index contributed by atoms with van der Waals surface area (Å²) in [7, 11) is 0. The molecular weight excluding hydrogens is 412 g/mol. The molecule has 2 aliphatic rings. The molecule has 0 spiro atoms. The second-order valence-electron chi connectivity index (χ2n) is 8.61. The van der Waals surface area contributed by atoms with Crippen molar-refractivity contribution in [2.45, 2.75) is 44.6 Å². The molecule has 6 heteroatoms. The zero-order valence-corrected chi connectivity index (χ0v) is 18.7. The number of benzene rings is 2. The van der Waals surface area contributed by atoms with Crippen LogP contribution in [-0.2, 0) is 13.0 Å². The molecule has 1 amide bonds. The molecule has 0 unspecified atom stereocenters. The number of carbonyl (C=O) groups is 1. The van der Waals surface area contributed by atoms with E-state index in [0.717, 1.165) is 55.2 Å². The summed E-state index contributed by atoms with van der Waals surface area (Å²) in [6, 6.07) is 14.4. The Morgan fingerprint density at radius 3 is 2.58 bits per heavy atom. The summed E-state index contributed by atoms with van der Waals surface area (Å²) < 4.78 is 6.00. The van der Waals surface area contributed by atoms with Crippen LogP contribution in [0.1, 0.15) is 48.3 Å². The maximum absolute atomic E-state index is 11.4. The molecule has 1 N–H and O–H groups in total. The first-order valence-electron chi connectivity index (χ1n) is 11.3. The van der Waals surface area contributed by atoms with Crippen LogP contribution in [0.15, 0.2) is 42.5 Å². The Morgan fingerprint density at radius 1 is 1.06 bits per heavy atom. The van der Waals surface area contributed by atoms with Crippen molar-refractivity contribution in [2.75, 3.05) is 32.8 Å². The third-order valence-electron chi connectivity index (χ3n) is 6.50. The lowest BCUT2D eigenvalue weighted by molar-refractivity contribution is 0.143. The molecule has 31 heavy (non-hydrogen) atoms. The van der Waals surface area contributed by atoms with Crippen molar-refractivity contribution in [3.63, 3.8) is 0 Å². The van der Waals surface area contributed by atoms with E-state index in [1.807, 2.05) is 24.3 Å². The van der Waals surface area contributed by atoms with Crippen molar-refractivity contribution in [3.05, 3.63) is 64.2 Å². The van der Waals surface area contributed by atoms with Crippen LogP contribution in [0.2, 0.25) is 5.02 Å². The highest BCUT2D eigenvalue weighted by atomic mass is 35.5. The number of piperidine rings is 1. The predicted molar refractivity (Wildman–Crippen MR) is 123 cm³/mol. The van der Waals surface area contributed by atoms with Gasteiger partial charge in [-0.1, -0.05) is 29.8 Å². The van der Waals surface area contributed by atoms with Crippen LogP contribution >= 0.6 is 11.6 Å². The molecule has 2 aliphatic heterocycles. The van der Waals surface area contributed by atoms with Gasteiger partial charge in [-0.05, 0) is 92.1 Å². The van der Waals surface area contributed by atoms with E-state index < -0.39 is 6.09 Å². The van der Waals surface area contributed by atoms with Gasteiger partial charge in [0.25, 0.3) is 0 Å². The van der Waals surface area contributed by atoms with Crippen LogP contribution < -0.4 is 4.74 Å². The van der Waals surface area contributed by atoms with Gasteiger partial charge >= 0.3 is 6.09 Å². The number of ether oxygens (including phenoxy) is 1. The lowest BCUT2D eigenvalue weighted by atomic mass is 9.89. The first kappa shape index (κ1) is 22.0. The number of rotatable bonds is 6. The second-order valence-corrected chi connectivity index (χ2v) is 9.04. The highest BCUT2D eigenvalue weighted by Gasteiger charge is 2.21. The zero-order valence-electron chi connectivity index (χ0n) is 17.9. The van der Waals surface area contributed by atoms with E-state index in [4.69, 9.17) is 16.3 Å². The third-order valence-corrected chi connectivity index (χ3v) is 6.75. The molecule has 166 valence electrons. The first-order valence-corrected chi connectivity index (χ1v) is 11.7. The summed E-state index contributed by atoms with van der Waals surface area (Å²) in [5.41, 5.74) is 3.71. The summed E-state index contributed by atoms with van der Waals surface area (Å²) in [4.78, 5) is 15.4. The topological polar surface area (TPSA) is 53.0 Å². The number of fused-ring (bicyclic) bond motifs is 1. The van der Waals surface area contributed by atoms with Gasteiger partial charge in [0.05, 0.1) is 6.61 Å². The van der Waals surface area contributed by atoms with E-state index in [1.54, 1.807) is 0 Å². The molecule has 5 nitrogen and oxygen atoms in total. The van der Waals surface area contributed by atoms with Crippen LogP contribution in [0.25, 0.3) is 0 Å². The molecular formula is C25H31ClN2O3. The van der Waals surface area contributed by atoms with Crippen LogP contribution in [0.5, 0.6) is 5.75 Å². The van der Waals surface area contributed by atoms with E-state index in [1.165, 1.54) is 28.9 Å². The van der Waals surface area contributed by atoms with Crippen LogP contribution in [0.4, 0.5) is 4.79 Å². The van der Waals surface area contributed by atoms with Crippen LogP contribution in [0.3, 0.4) is 0 Å². The normalized spacial score (nSPS) is 17.8. The van der Waals surface area contributed by atoms with Crippen molar-refractivity contribution >= 4 is 17.7 Å². The quantitative estimate of drug-likeness (QED) is 0.607. The highest BCUT2D eigenvalue weighted by Crippen LogP contribution is 2.29. The molecule has 0 aromatic heterocycles. The Balaban J connectivity index is 1.20. The summed E-state index contributed by atoms with van der Waals surface area (Å²) in [5.74, 6) is 1.47. The van der Waals surface area contributed by atoms with Gasteiger partial charge in [-0.2, -0.15) is 0 Å². The number of halogens is 1. The number of likely N-dealkylation sites (tertiary alicyclic amines) is 1. The average Bonchev–Trinajstić information content (AvgIpc) is 3.00. The Labute approximate surface area is 189 Å². The third kappa shape index (κ3) is 5.92. The summed E-state index contributed by atoms with van der Waals surface area (Å²) >= 11 is 6.00. The second kappa shape index (κ2) is 10.4. The molecule has 0 aliphatic carbocycles. The number of hydrogen-bond acceptors (Lipinski definition) is 3. The molecule has 2 aromatic carbocycles. The lowest BCUT2D eigenvalue weighted by Gasteiger charge is -2.32. The number of carboxylic acid groups (broad SMARTS) is 1. The van der Waals surface area contributed by atoms with Crippen molar-refractivity contribution in [1.29, 1.82) is 0 Å². The molecule has 0 bridgehead atoms. The minimum absolute atomic E-state index is 0.449. The largest absolute Gasteiger partial charge is 0.494 e. The van der Waals surface area contributed by atoms with Crippen molar-refractivity contribution in [2.24, 2.45) is 0 Å². The monoisotopic (exact) mass is 442 g/mol. The Hall–Kier alpha value is -2.24. The molecule has 2 aromatic rings. The van der Waals surface area contributed by atoms with Gasteiger partial charge < -0.3 is 19.6 Å². The van der Waals surface area contributed by atoms with E-state index in [9.17, 15) is 9.90 Å². The minimum atomic E-state index is -0.848. The standard InChI is InChI=1S/C25H31ClN2O3/c26-23-7-4-20(5-8-23)21-10-14-27(15-11-21)12-2-16-31-24-9-6-19-3-1-13-28(25(29)30)18-22(19)17-24/h4-9,17,21H,1-3,10-16,18H2,(H,29,30). The number of aryl methyl sites for hydroxylation is 1. The molecule has 4 rings (SSSR count). The smallest absolute Gasteiger partial charge is 0.407 e. The Bertz CT molecular complexity index is 879. The van der Waals surface area contributed by atoms with Crippen molar-refractivity contribution in [3.8, 4) is 5.75 Å². The molecule has 1 saturated heterocycles.